The summed E-state index contributed by atoms with van der Waals surface area (Å²) in [5.74, 6) is 2.69. The molecular formula is C14H26N2O2. The van der Waals surface area contributed by atoms with Crippen LogP contribution in [0.15, 0.2) is 0 Å². The van der Waals surface area contributed by atoms with E-state index < -0.39 is 0 Å². The Morgan fingerprint density at radius 2 is 2.11 bits per heavy atom. The van der Waals surface area contributed by atoms with Crippen molar-refractivity contribution >= 4 is 5.91 Å². The predicted molar refractivity (Wildman–Crippen MR) is 71.3 cm³/mol. The van der Waals surface area contributed by atoms with Crippen molar-refractivity contribution in [3.63, 3.8) is 0 Å². The highest BCUT2D eigenvalue weighted by Crippen LogP contribution is 2.49. The van der Waals surface area contributed by atoms with Crippen molar-refractivity contribution in [2.45, 2.75) is 32.1 Å². The number of nitrogens with one attached hydrogen (secondary N) is 2. The second-order valence-corrected chi connectivity index (χ2v) is 5.73. The first kappa shape index (κ1) is 13.8. The molecule has 2 saturated carbocycles. The summed E-state index contributed by atoms with van der Waals surface area (Å²) in [7, 11) is 1.69. The van der Waals surface area contributed by atoms with Gasteiger partial charge < -0.3 is 15.4 Å². The van der Waals surface area contributed by atoms with Crippen molar-refractivity contribution in [3.05, 3.63) is 0 Å². The van der Waals surface area contributed by atoms with Gasteiger partial charge in [-0.25, -0.2) is 0 Å². The summed E-state index contributed by atoms with van der Waals surface area (Å²) in [4.78, 5) is 11.8. The fraction of sp³-hybridized carbons (Fsp3) is 0.929. The van der Waals surface area contributed by atoms with Crippen LogP contribution in [-0.4, -0.2) is 39.3 Å². The Balaban J connectivity index is 1.50. The molecule has 2 aliphatic rings. The molecule has 2 aliphatic carbocycles. The van der Waals surface area contributed by atoms with Crippen LogP contribution in [-0.2, 0) is 9.53 Å². The van der Waals surface area contributed by atoms with E-state index in [-0.39, 0.29) is 5.91 Å². The molecular weight excluding hydrogens is 228 g/mol. The highest BCUT2D eigenvalue weighted by Gasteiger charge is 2.39. The monoisotopic (exact) mass is 254 g/mol. The Morgan fingerprint density at radius 1 is 1.22 bits per heavy atom. The zero-order valence-corrected chi connectivity index (χ0v) is 11.4. The minimum absolute atomic E-state index is 0.237. The van der Waals surface area contributed by atoms with Gasteiger partial charge in [0.15, 0.2) is 0 Å². The average molecular weight is 254 g/mol. The van der Waals surface area contributed by atoms with Gasteiger partial charge in [-0.2, -0.15) is 0 Å². The zero-order chi connectivity index (χ0) is 12.8. The molecule has 0 heterocycles. The maximum Gasteiger partial charge on any atom is 0.220 e. The summed E-state index contributed by atoms with van der Waals surface area (Å²) in [5.41, 5.74) is 0. The molecule has 3 unspecified atom stereocenters. The van der Waals surface area contributed by atoms with Gasteiger partial charge in [-0.05, 0) is 37.0 Å². The van der Waals surface area contributed by atoms with Crippen molar-refractivity contribution in [3.8, 4) is 0 Å². The van der Waals surface area contributed by atoms with E-state index in [0.717, 1.165) is 44.5 Å². The fourth-order valence-electron chi connectivity index (χ4n) is 3.53. The van der Waals surface area contributed by atoms with E-state index in [1.165, 1.54) is 25.7 Å². The summed E-state index contributed by atoms with van der Waals surface area (Å²) in [6.45, 7) is 3.12. The van der Waals surface area contributed by atoms with E-state index in [0.29, 0.717) is 5.92 Å². The topological polar surface area (TPSA) is 50.4 Å². The fourth-order valence-corrected chi connectivity index (χ4v) is 3.53. The second kappa shape index (κ2) is 7.10. The van der Waals surface area contributed by atoms with Gasteiger partial charge in [0.2, 0.25) is 5.91 Å². The maximum atomic E-state index is 11.8. The number of rotatable bonds is 8. The van der Waals surface area contributed by atoms with Crippen LogP contribution in [0, 0.1) is 17.8 Å². The Hall–Kier alpha value is -0.610. The second-order valence-electron chi connectivity index (χ2n) is 5.73. The van der Waals surface area contributed by atoms with Crippen LogP contribution in [0.25, 0.3) is 0 Å². The number of carbonyl (C=O) groups excluding carboxylic acids is 1. The highest BCUT2D eigenvalue weighted by molar-refractivity contribution is 5.76. The maximum absolute atomic E-state index is 11.8. The molecule has 0 aromatic heterocycles. The number of carbonyl (C=O) groups is 1. The molecule has 2 N–H and O–H groups in total. The molecule has 2 rings (SSSR count). The molecule has 0 saturated heterocycles. The minimum atomic E-state index is 0.237. The summed E-state index contributed by atoms with van der Waals surface area (Å²) < 4.78 is 4.94. The minimum Gasteiger partial charge on any atom is -0.383 e. The van der Waals surface area contributed by atoms with Gasteiger partial charge in [0.05, 0.1) is 6.61 Å². The van der Waals surface area contributed by atoms with Crippen molar-refractivity contribution < 1.29 is 9.53 Å². The van der Waals surface area contributed by atoms with Crippen LogP contribution in [0.4, 0.5) is 0 Å². The summed E-state index contributed by atoms with van der Waals surface area (Å²) in [5, 5.41) is 6.23. The van der Waals surface area contributed by atoms with Crippen molar-refractivity contribution in [1.29, 1.82) is 0 Å². The van der Waals surface area contributed by atoms with Gasteiger partial charge in [0.1, 0.15) is 0 Å². The Morgan fingerprint density at radius 3 is 2.78 bits per heavy atom. The molecule has 0 aromatic rings. The molecule has 104 valence electrons. The smallest absolute Gasteiger partial charge is 0.220 e. The first-order valence-corrected chi connectivity index (χ1v) is 7.26. The molecule has 3 atom stereocenters. The molecule has 0 radical (unpaired) electrons. The van der Waals surface area contributed by atoms with Gasteiger partial charge in [-0.3, -0.25) is 4.79 Å². The standard InChI is InChI=1S/C14H26N2O2/c1-18-7-6-15-4-5-16-14(17)10-13-9-11-2-3-12(13)8-11/h11-13,15H,2-10H2,1H3,(H,16,17). The number of hydrogen-bond acceptors (Lipinski definition) is 3. The van der Waals surface area contributed by atoms with Crippen molar-refractivity contribution in [1.82, 2.24) is 10.6 Å². The SMILES string of the molecule is COCCNCCNC(=O)CC1CC2CCC1C2. The number of hydrogen-bond donors (Lipinski definition) is 2. The summed E-state index contributed by atoms with van der Waals surface area (Å²) >= 11 is 0. The van der Waals surface area contributed by atoms with E-state index in [1.807, 2.05) is 0 Å². The summed E-state index contributed by atoms with van der Waals surface area (Å²) in [6, 6.07) is 0. The molecule has 2 fully saturated rings. The Labute approximate surface area is 110 Å². The van der Waals surface area contributed by atoms with Crippen molar-refractivity contribution in [2.75, 3.05) is 33.4 Å². The lowest BCUT2D eigenvalue weighted by Crippen LogP contribution is -2.34. The van der Waals surface area contributed by atoms with Crippen LogP contribution >= 0.6 is 0 Å². The van der Waals surface area contributed by atoms with Crippen LogP contribution < -0.4 is 10.6 Å². The third-order valence-corrected chi connectivity index (χ3v) is 4.44. The lowest BCUT2D eigenvalue weighted by molar-refractivity contribution is -0.122. The quantitative estimate of drug-likeness (QED) is 0.639. The normalized spacial score (nSPS) is 29.7. The Kier molecular flexibility index (Phi) is 5.45. The molecule has 18 heavy (non-hydrogen) atoms. The third kappa shape index (κ3) is 3.95. The first-order valence-electron chi connectivity index (χ1n) is 7.26. The summed E-state index contributed by atoms with van der Waals surface area (Å²) in [6.07, 6.45) is 6.20. The van der Waals surface area contributed by atoms with Gasteiger partial charge in [-0.15, -0.1) is 0 Å². The average Bonchev–Trinajstić information content (AvgIpc) is 2.95. The molecule has 0 aliphatic heterocycles. The van der Waals surface area contributed by atoms with Gasteiger partial charge in [-0.1, -0.05) is 6.42 Å². The van der Waals surface area contributed by atoms with E-state index in [2.05, 4.69) is 10.6 Å². The molecule has 2 bridgehead atoms. The Bertz CT molecular complexity index is 271. The van der Waals surface area contributed by atoms with Crippen LogP contribution in [0.3, 0.4) is 0 Å². The van der Waals surface area contributed by atoms with Crippen LogP contribution in [0.1, 0.15) is 32.1 Å². The molecule has 0 aromatic carbocycles. The van der Waals surface area contributed by atoms with Gasteiger partial charge >= 0.3 is 0 Å². The van der Waals surface area contributed by atoms with E-state index in [1.54, 1.807) is 7.11 Å². The molecule has 4 heteroatoms. The van der Waals surface area contributed by atoms with Gasteiger partial charge in [0.25, 0.3) is 0 Å². The third-order valence-electron chi connectivity index (χ3n) is 4.44. The first-order chi connectivity index (χ1) is 8.79. The van der Waals surface area contributed by atoms with Crippen molar-refractivity contribution in [2.24, 2.45) is 17.8 Å². The van der Waals surface area contributed by atoms with E-state index >= 15 is 0 Å². The lowest BCUT2D eigenvalue weighted by Gasteiger charge is -2.20. The lowest BCUT2D eigenvalue weighted by atomic mass is 9.86. The zero-order valence-electron chi connectivity index (χ0n) is 11.4. The number of methoxy groups -OCH3 is 1. The number of ether oxygens (including phenoxy) is 1. The largest absolute Gasteiger partial charge is 0.383 e. The van der Waals surface area contributed by atoms with Crippen LogP contribution in [0.5, 0.6) is 0 Å². The predicted octanol–water partition coefficient (Wildman–Crippen LogP) is 1.16. The van der Waals surface area contributed by atoms with Gasteiger partial charge in [0, 0.05) is 33.2 Å². The molecule has 0 spiro atoms. The highest BCUT2D eigenvalue weighted by atomic mass is 16.5. The van der Waals surface area contributed by atoms with E-state index in [9.17, 15) is 4.79 Å². The van der Waals surface area contributed by atoms with E-state index in [4.69, 9.17) is 4.74 Å². The molecule has 4 nitrogen and oxygen atoms in total. The van der Waals surface area contributed by atoms with Crippen LogP contribution in [0.2, 0.25) is 0 Å². The number of fused-ring (bicyclic) bond motifs is 2. The number of amides is 1. The molecule has 1 amide bonds.